The summed E-state index contributed by atoms with van der Waals surface area (Å²) in [5.41, 5.74) is 5.77. The zero-order valence-corrected chi connectivity index (χ0v) is 16.8. The fourth-order valence-corrected chi connectivity index (χ4v) is 4.26. The molecule has 12 heteroatoms. The summed E-state index contributed by atoms with van der Waals surface area (Å²) in [6.07, 6.45) is 1.56. The van der Waals surface area contributed by atoms with E-state index in [1.54, 1.807) is 13.8 Å². The molecule has 0 aliphatic carbocycles. The number of hydrogen-bond acceptors (Lipinski definition) is 6. The van der Waals surface area contributed by atoms with Crippen LogP contribution >= 0.6 is 11.6 Å². The van der Waals surface area contributed by atoms with Crippen molar-refractivity contribution in [2.45, 2.75) is 31.7 Å². The molecule has 0 unspecified atom stereocenters. The van der Waals surface area contributed by atoms with Crippen LogP contribution in [0, 0.1) is 5.82 Å². The number of nitrogen functional groups attached to an aromatic ring is 1. The van der Waals surface area contributed by atoms with Crippen molar-refractivity contribution in [1.29, 1.82) is 0 Å². The smallest absolute Gasteiger partial charge is 0.303 e. The van der Waals surface area contributed by atoms with E-state index in [0.29, 0.717) is 6.54 Å². The first-order valence-electron chi connectivity index (χ1n) is 8.31. The number of nitrogens with two attached hydrogens (primary N) is 1. The van der Waals surface area contributed by atoms with Crippen LogP contribution in [0.4, 0.5) is 15.8 Å². The Morgan fingerprint density at radius 2 is 2.07 bits per heavy atom. The maximum absolute atomic E-state index is 14.0. The topological polar surface area (TPSA) is 128 Å². The molecule has 2 heterocycles. The highest BCUT2D eigenvalue weighted by molar-refractivity contribution is 7.93. The molecule has 9 nitrogen and oxygen atoms in total. The lowest BCUT2D eigenvalue weighted by molar-refractivity contribution is -0.136. The lowest BCUT2D eigenvalue weighted by atomic mass is 10.2. The predicted molar refractivity (Wildman–Crippen MR) is 102 cm³/mol. The predicted octanol–water partition coefficient (Wildman–Crippen LogP) is 2.35. The lowest BCUT2D eigenvalue weighted by Gasteiger charge is -2.30. The number of hydrogen-bond donors (Lipinski definition) is 2. The molecule has 0 radical (unpaired) electrons. The second kappa shape index (κ2) is 8.65. The summed E-state index contributed by atoms with van der Waals surface area (Å²) in [5, 5.41) is 11.5. The highest BCUT2D eigenvalue weighted by Crippen LogP contribution is 2.39. The Bertz CT molecular complexity index is 980. The number of halogens is 2. The van der Waals surface area contributed by atoms with Gasteiger partial charge in [-0.25, -0.2) is 12.8 Å². The van der Waals surface area contributed by atoms with Crippen LogP contribution in [-0.4, -0.2) is 42.4 Å². The minimum absolute atomic E-state index is 0.0197. The van der Waals surface area contributed by atoms with Crippen molar-refractivity contribution in [3.63, 3.8) is 0 Å². The largest absolute Gasteiger partial charge is 0.486 e. The number of nitrogens with zero attached hydrogens (tertiary/aromatic N) is 3. The van der Waals surface area contributed by atoms with Crippen LogP contribution in [0.3, 0.4) is 0 Å². The van der Waals surface area contributed by atoms with Gasteiger partial charge in [-0.3, -0.25) is 13.8 Å². The quantitative estimate of drug-likeness (QED) is 0.706. The van der Waals surface area contributed by atoms with Crippen molar-refractivity contribution in [3.8, 4) is 5.75 Å². The van der Waals surface area contributed by atoms with Gasteiger partial charge in [-0.15, -0.1) is 0 Å². The number of carbonyl (C=O) groups is 1. The first-order chi connectivity index (χ1) is 13.1. The molecule has 2 aromatic rings. The number of rotatable bonds is 4. The summed E-state index contributed by atoms with van der Waals surface area (Å²) in [7, 11) is -4.01. The summed E-state index contributed by atoms with van der Waals surface area (Å²) in [5.74, 6) is -1.60. The number of aliphatic carboxylic acids is 1. The molecule has 0 fully saturated rings. The van der Waals surface area contributed by atoms with Gasteiger partial charge in [0.15, 0.2) is 16.7 Å². The lowest BCUT2D eigenvalue weighted by Crippen LogP contribution is -2.38. The van der Waals surface area contributed by atoms with Gasteiger partial charge >= 0.3 is 5.97 Å². The molecular weight excluding hydrogens is 415 g/mol. The third kappa shape index (κ3) is 4.47. The first-order valence-corrected chi connectivity index (χ1v) is 10.1. The highest BCUT2D eigenvalue weighted by atomic mass is 35.5. The zero-order chi connectivity index (χ0) is 21.1. The molecule has 0 atom stereocenters. The molecule has 0 saturated heterocycles. The number of carboxylic acids is 1. The fourth-order valence-electron chi connectivity index (χ4n) is 2.36. The van der Waals surface area contributed by atoms with Gasteiger partial charge < -0.3 is 15.6 Å². The fraction of sp³-hybridized carbons (Fsp3) is 0.375. The monoisotopic (exact) mass is 434 g/mol. The van der Waals surface area contributed by atoms with Crippen molar-refractivity contribution in [3.05, 3.63) is 29.3 Å². The number of anilines is 2. The van der Waals surface area contributed by atoms with Gasteiger partial charge in [0.05, 0.1) is 12.2 Å². The van der Waals surface area contributed by atoms with Crippen LogP contribution in [0.5, 0.6) is 5.75 Å². The maximum atomic E-state index is 14.0. The van der Waals surface area contributed by atoms with Crippen LogP contribution in [-0.2, 0) is 21.4 Å². The van der Waals surface area contributed by atoms with Crippen molar-refractivity contribution in [1.82, 2.24) is 9.78 Å². The number of benzene rings is 1. The van der Waals surface area contributed by atoms with Crippen LogP contribution in [0.25, 0.3) is 0 Å². The molecule has 28 heavy (non-hydrogen) atoms. The Morgan fingerprint density at radius 1 is 1.43 bits per heavy atom. The molecule has 0 amide bonds. The molecule has 0 saturated carbocycles. The Hall–Kier alpha value is -2.53. The van der Waals surface area contributed by atoms with E-state index in [2.05, 4.69) is 5.10 Å². The minimum Gasteiger partial charge on any atom is -0.486 e. The Balaban J connectivity index is 0.000000500. The summed E-state index contributed by atoms with van der Waals surface area (Å²) >= 11 is 5.95. The number of carboxylic acid groups (broad SMARTS) is 1. The number of fused-ring (bicyclic) bond motifs is 1. The van der Waals surface area contributed by atoms with Gasteiger partial charge in [0.1, 0.15) is 11.5 Å². The summed E-state index contributed by atoms with van der Waals surface area (Å²) in [6, 6.07) is 2.43. The second-order valence-electron chi connectivity index (χ2n) is 5.66. The Morgan fingerprint density at radius 3 is 2.61 bits per heavy atom. The molecule has 0 spiro atoms. The van der Waals surface area contributed by atoms with E-state index in [1.165, 1.54) is 16.9 Å². The third-order valence-electron chi connectivity index (χ3n) is 3.74. The van der Waals surface area contributed by atoms with E-state index in [-0.39, 0.29) is 46.7 Å². The average molecular weight is 435 g/mol. The van der Waals surface area contributed by atoms with Gasteiger partial charge in [0.25, 0.3) is 10.0 Å². The molecule has 1 aliphatic heterocycles. The molecule has 1 aliphatic rings. The molecule has 0 bridgehead atoms. The van der Waals surface area contributed by atoms with Gasteiger partial charge in [0, 0.05) is 30.9 Å². The van der Waals surface area contributed by atoms with Crippen molar-refractivity contribution in [2.24, 2.45) is 0 Å². The van der Waals surface area contributed by atoms with Gasteiger partial charge in [-0.1, -0.05) is 18.5 Å². The first kappa shape index (κ1) is 21.8. The van der Waals surface area contributed by atoms with E-state index < -0.39 is 21.8 Å². The van der Waals surface area contributed by atoms with Gasteiger partial charge in [-0.2, -0.15) is 5.10 Å². The average Bonchev–Trinajstić information content (AvgIpc) is 3.03. The van der Waals surface area contributed by atoms with Crippen LogP contribution in [0.1, 0.15) is 20.3 Å². The summed E-state index contributed by atoms with van der Waals surface area (Å²) in [4.78, 5) is 9.23. The molecule has 1 aromatic carbocycles. The van der Waals surface area contributed by atoms with Crippen LogP contribution < -0.4 is 14.8 Å². The molecule has 3 rings (SSSR count). The SMILES string of the molecule is CCC(=O)O.CCn1cc(S(=O)(=O)N2CCOc3c(F)cc(N)cc32)c(Cl)n1. The normalized spacial score (nSPS) is 13.2. The molecule has 1 aromatic heterocycles. The molecule has 3 N–H and O–H groups in total. The molecule has 154 valence electrons. The maximum Gasteiger partial charge on any atom is 0.303 e. The standard InChI is InChI=1S/C13H14ClFN4O3S.C3H6O2/c1-2-18-7-11(13(14)17-18)23(20,21)19-3-4-22-12-9(15)5-8(16)6-10(12)19;1-2-3(4)5/h5-7H,2-4,16H2,1H3;2H2,1H3,(H,4,5). The number of sulfonamides is 1. The van der Waals surface area contributed by atoms with E-state index in [9.17, 15) is 17.6 Å². The molecular formula is C16H20ClFN4O5S. The Kier molecular flexibility index (Phi) is 6.73. The number of ether oxygens (including phenoxy) is 1. The van der Waals surface area contributed by atoms with Crippen LogP contribution in [0.2, 0.25) is 5.15 Å². The summed E-state index contributed by atoms with van der Waals surface area (Å²) < 4.78 is 47.4. The van der Waals surface area contributed by atoms with Gasteiger partial charge in [-0.05, 0) is 13.0 Å². The Labute approximate surface area is 166 Å². The minimum atomic E-state index is -4.01. The van der Waals surface area contributed by atoms with Crippen molar-refractivity contribution < 1.29 is 27.4 Å². The van der Waals surface area contributed by atoms with E-state index >= 15 is 0 Å². The van der Waals surface area contributed by atoms with Crippen LogP contribution in [0.15, 0.2) is 23.2 Å². The summed E-state index contributed by atoms with van der Waals surface area (Å²) in [6.45, 7) is 3.91. The second-order valence-corrected chi connectivity index (χ2v) is 7.85. The van der Waals surface area contributed by atoms with Crippen molar-refractivity contribution >= 4 is 39.0 Å². The highest BCUT2D eigenvalue weighted by Gasteiger charge is 2.34. The van der Waals surface area contributed by atoms with Gasteiger partial charge in [0.2, 0.25) is 0 Å². The van der Waals surface area contributed by atoms with E-state index in [4.69, 9.17) is 27.2 Å². The van der Waals surface area contributed by atoms with Crippen molar-refractivity contribution in [2.75, 3.05) is 23.2 Å². The zero-order valence-electron chi connectivity index (χ0n) is 15.2. The van der Waals surface area contributed by atoms with E-state index in [1.807, 2.05) is 0 Å². The number of aromatic nitrogens is 2. The third-order valence-corrected chi connectivity index (χ3v) is 5.94. The number of aryl methyl sites for hydroxylation is 1. The van der Waals surface area contributed by atoms with E-state index in [0.717, 1.165) is 10.4 Å².